The summed E-state index contributed by atoms with van der Waals surface area (Å²) < 4.78 is 1.68. The van der Waals surface area contributed by atoms with Crippen LogP contribution in [0.5, 0.6) is 0 Å². The number of aromatic nitrogens is 2. The van der Waals surface area contributed by atoms with Gasteiger partial charge in [-0.05, 0) is 33.3 Å². The zero-order valence-corrected chi connectivity index (χ0v) is 10.9. The Labute approximate surface area is 102 Å². The number of hydrogen-bond acceptors (Lipinski definition) is 3. The van der Waals surface area contributed by atoms with Gasteiger partial charge in [0.1, 0.15) is 5.69 Å². The summed E-state index contributed by atoms with van der Waals surface area (Å²) >= 11 is 0. The maximum atomic E-state index is 11.9. The maximum Gasteiger partial charge on any atom is 0.269 e. The highest BCUT2D eigenvalue weighted by atomic mass is 16.3. The number of nitrogens with one attached hydrogen (secondary N) is 1. The van der Waals surface area contributed by atoms with Crippen LogP contribution in [-0.4, -0.2) is 32.9 Å². The molecule has 0 aliphatic rings. The lowest BCUT2D eigenvalue weighted by molar-refractivity contribution is 0.0689. The summed E-state index contributed by atoms with van der Waals surface area (Å²) in [5, 5.41) is 16.6. The first-order valence-corrected chi connectivity index (χ1v) is 5.94. The summed E-state index contributed by atoms with van der Waals surface area (Å²) in [5.41, 5.74) is 0.550. The summed E-state index contributed by atoms with van der Waals surface area (Å²) in [4.78, 5) is 11.9. The Morgan fingerprint density at radius 3 is 2.65 bits per heavy atom. The number of carbonyl (C=O) groups excluding carboxylic acids is 1. The number of carbonyl (C=O) groups is 1. The van der Waals surface area contributed by atoms with E-state index in [0.29, 0.717) is 12.2 Å². The van der Waals surface area contributed by atoms with Crippen LogP contribution in [0.1, 0.15) is 43.9 Å². The molecule has 0 atom stereocenters. The van der Waals surface area contributed by atoms with E-state index in [4.69, 9.17) is 0 Å². The molecule has 0 unspecified atom stereocenters. The zero-order chi connectivity index (χ0) is 13.1. The van der Waals surface area contributed by atoms with E-state index in [1.54, 1.807) is 24.6 Å². The summed E-state index contributed by atoms with van der Waals surface area (Å²) in [6.07, 6.45) is 0.804. The second-order valence-corrected chi connectivity index (χ2v) is 4.69. The Morgan fingerprint density at radius 2 is 2.18 bits per heavy atom. The van der Waals surface area contributed by atoms with Crippen molar-refractivity contribution in [1.29, 1.82) is 0 Å². The molecule has 1 aromatic rings. The third-order valence-corrected chi connectivity index (χ3v) is 2.41. The van der Waals surface area contributed by atoms with E-state index in [2.05, 4.69) is 10.4 Å². The standard InChI is InChI=1S/C12H21N3O2/c1-5-9-7-10(15(6-2)14-9)11(16)13-8-12(3,4)17/h7,17H,5-6,8H2,1-4H3,(H,13,16). The predicted octanol–water partition coefficient (Wildman–Crippen LogP) is 0.966. The van der Waals surface area contributed by atoms with E-state index in [1.165, 1.54) is 0 Å². The molecule has 0 aliphatic heterocycles. The topological polar surface area (TPSA) is 67.2 Å². The Kier molecular flexibility index (Phi) is 4.28. The van der Waals surface area contributed by atoms with Gasteiger partial charge in [-0.1, -0.05) is 6.92 Å². The van der Waals surface area contributed by atoms with Crippen LogP contribution in [-0.2, 0) is 13.0 Å². The van der Waals surface area contributed by atoms with Gasteiger partial charge in [-0.3, -0.25) is 9.48 Å². The molecular formula is C12H21N3O2. The SMILES string of the molecule is CCc1cc(C(=O)NCC(C)(C)O)n(CC)n1. The highest BCUT2D eigenvalue weighted by molar-refractivity contribution is 5.92. The van der Waals surface area contributed by atoms with Crippen molar-refractivity contribution in [2.24, 2.45) is 0 Å². The lowest BCUT2D eigenvalue weighted by Crippen LogP contribution is -2.38. The molecule has 0 bridgehead atoms. The molecule has 5 heteroatoms. The summed E-state index contributed by atoms with van der Waals surface area (Å²) in [5.74, 6) is -0.193. The Bertz CT molecular complexity index is 391. The first-order valence-electron chi connectivity index (χ1n) is 5.94. The van der Waals surface area contributed by atoms with E-state index in [9.17, 15) is 9.90 Å². The quantitative estimate of drug-likeness (QED) is 0.804. The molecule has 0 aromatic carbocycles. The van der Waals surface area contributed by atoms with Crippen LogP contribution in [0.4, 0.5) is 0 Å². The molecule has 1 rings (SSSR count). The first-order chi connectivity index (χ1) is 7.87. The van der Waals surface area contributed by atoms with Gasteiger partial charge < -0.3 is 10.4 Å². The van der Waals surface area contributed by atoms with Gasteiger partial charge >= 0.3 is 0 Å². The number of amides is 1. The summed E-state index contributed by atoms with van der Waals surface area (Å²) in [7, 11) is 0. The van der Waals surface area contributed by atoms with Gasteiger partial charge in [0, 0.05) is 13.1 Å². The van der Waals surface area contributed by atoms with Crippen molar-refractivity contribution in [2.75, 3.05) is 6.54 Å². The van der Waals surface area contributed by atoms with Gasteiger partial charge in [-0.15, -0.1) is 0 Å². The fourth-order valence-corrected chi connectivity index (χ4v) is 1.45. The van der Waals surface area contributed by atoms with Crippen molar-refractivity contribution in [3.05, 3.63) is 17.5 Å². The average Bonchev–Trinajstić information content (AvgIpc) is 2.68. The molecule has 0 fully saturated rings. The molecule has 0 saturated heterocycles. The van der Waals surface area contributed by atoms with Crippen LogP contribution in [0.25, 0.3) is 0 Å². The smallest absolute Gasteiger partial charge is 0.269 e. The van der Waals surface area contributed by atoms with Crippen molar-refractivity contribution >= 4 is 5.91 Å². The van der Waals surface area contributed by atoms with E-state index in [0.717, 1.165) is 12.1 Å². The molecule has 2 N–H and O–H groups in total. The largest absolute Gasteiger partial charge is 0.389 e. The number of nitrogens with zero attached hydrogens (tertiary/aromatic N) is 2. The normalized spacial score (nSPS) is 11.6. The van der Waals surface area contributed by atoms with Crippen molar-refractivity contribution in [3.8, 4) is 0 Å². The van der Waals surface area contributed by atoms with Gasteiger partial charge in [0.2, 0.25) is 0 Å². The summed E-state index contributed by atoms with van der Waals surface area (Å²) in [6, 6.07) is 1.79. The molecule has 0 radical (unpaired) electrons. The van der Waals surface area contributed by atoms with Crippen molar-refractivity contribution in [2.45, 2.75) is 46.3 Å². The summed E-state index contributed by atoms with van der Waals surface area (Å²) in [6.45, 7) is 8.14. The highest BCUT2D eigenvalue weighted by Gasteiger charge is 2.18. The zero-order valence-electron chi connectivity index (χ0n) is 10.9. The van der Waals surface area contributed by atoms with Gasteiger partial charge in [0.05, 0.1) is 11.3 Å². The minimum absolute atomic E-state index is 0.193. The number of rotatable bonds is 5. The number of aliphatic hydroxyl groups is 1. The Hall–Kier alpha value is -1.36. The molecule has 0 saturated carbocycles. The lowest BCUT2D eigenvalue weighted by atomic mass is 10.1. The second-order valence-electron chi connectivity index (χ2n) is 4.69. The number of aryl methyl sites for hydroxylation is 2. The third-order valence-electron chi connectivity index (χ3n) is 2.41. The Balaban J connectivity index is 2.77. The van der Waals surface area contributed by atoms with Crippen LogP contribution in [0.15, 0.2) is 6.07 Å². The van der Waals surface area contributed by atoms with Crippen LogP contribution in [0, 0.1) is 0 Å². The van der Waals surface area contributed by atoms with E-state index in [-0.39, 0.29) is 12.5 Å². The van der Waals surface area contributed by atoms with E-state index in [1.807, 2.05) is 13.8 Å². The van der Waals surface area contributed by atoms with E-state index >= 15 is 0 Å². The van der Waals surface area contributed by atoms with Crippen LogP contribution < -0.4 is 5.32 Å². The van der Waals surface area contributed by atoms with Crippen molar-refractivity contribution < 1.29 is 9.90 Å². The van der Waals surface area contributed by atoms with Crippen LogP contribution in [0.2, 0.25) is 0 Å². The second kappa shape index (κ2) is 5.31. The first kappa shape index (κ1) is 13.7. The average molecular weight is 239 g/mol. The fourth-order valence-electron chi connectivity index (χ4n) is 1.45. The van der Waals surface area contributed by atoms with Gasteiger partial charge in [-0.25, -0.2) is 0 Å². The van der Waals surface area contributed by atoms with Gasteiger partial charge in [-0.2, -0.15) is 5.10 Å². The van der Waals surface area contributed by atoms with E-state index < -0.39 is 5.60 Å². The predicted molar refractivity (Wildman–Crippen MR) is 65.9 cm³/mol. The van der Waals surface area contributed by atoms with Crippen LogP contribution in [0.3, 0.4) is 0 Å². The molecule has 1 heterocycles. The molecule has 17 heavy (non-hydrogen) atoms. The molecule has 96 valence electrons. The van der Waals surface area contributed by atoms with Crippen molar-refractivity contribution in [3.63, 3.8) is 0 Å². The molecule has 0 spiro atoms. The lowest BCUT2D eigenvalue weighted by Gasteiger charge is -2.17. The minimum atomic E-state index is -0.902. The Morgan fingerprint density at radius 1 is 1.53 bits per heavy atom. The fraction of sp³-hybridized carbons (Fsp3) is 0.667. The third kappa shape index (κ3) is 3.85. The molecule has 5 nitrogen and oxygen atoms in total. The van der Waals surface area contributed by atoms with Gasteiger partial charge in [0.25, 0.3) is 5.91 Å². The molecule has 1 aromatic heterocycles. The van der Waals surface area contributed by atoms with Crippen molar-refractivity contribution in [1.82, 2.24) is 15.1 Å². The molecule has 0 aliphatic carbocycles. The molecule has 1 amide bonds. The monoisotopic (exact) mass is 239 g/mol. The van der Waals surface area contributed by atoms with Gasteiger partial charge in [0.15, 0.2) is 0 Å². The van der Waals surface area contributed by atoms with Crippen LogP contribution >= 0.6 is 0 Å². The minimum Gasteiger partial charge on any atom is -0.389 e. The number of hydrogen-bond donors (Lipinski definition) is 2. The maximum absolute atomic E-state index is 11.9. The highest BCUT2D eigenvalue weighted by Crippen LogP contribution is 2.06. The molecular weight excluding hydrogens is 218 g/mol.